The van der Waals surface area contributed by atoms with Gasteiger partial charge in [-0.1, -0.05) is 0 Å². The number of carbonyl (C=O) groups is 2. The Bertz CT molecular complexity index is 432. The molecule has 1 saturated heterocycles. The molecule has 5 nitrogen and oxygen atoms in total. The minimum Gasteiger partial charge on any atom is -0.342 e. The van der Waals surface area contributed by atoms with Crippen LogP contribution in [0.15, 0.2) is 0 Å². The van der Waals surface area contributed by atoms with E-state index in [9.17, 15) is 14.9 Å². The Balaban J connectivity index is 2.26. The largest absolute Gasteiger partial charge is 0.342 e. The fourth-order valence-electron chi connectivity index (χ4n) is 2.73. The van der Waals surface area contributed by atoms with Gasteiger partial charge in [-0.15, -0.1) is 0 Å². The van der Waals surface area contributed by atoms with Crippen molar-refractivity contribution in [3.63, 3.8) is 0 Å². The van der Waals surface area contributed by atoms with Crippen molar-refractivity contribution in [2.75, 3.05) is 20.1 Å². The molecule has 0 aromatic carbocycles. The molecular formula is C13H19N3O2. The van der Waals surface area contributed by atoms with Gasteiger partial charge in [-0.3, -0.25) is 9.59 Å². The lowest BCUT2D eigenvalue weighted by molar-refractivity contribution is -0.163. The first-order valence-corrected chi connectivity index (χ1v) is 6.34. The maximum Gasteiger partial charge on any atom is 0.247 e. The number of piperazine rings is 1. The minimum absolute atomic E-state index is 0.0606. The summed E-state index contributed by atoms with van der Waals surface area (Å²) in [6.45, 7) is 4.56. The molecule has 1 heterocycles. The minimum atomic E-state index is -0.868. The first-order valence-electron chi connectivity index (χ1n) is 6.34. The van der Waals surface area contributed by atoms with E-state index >= 15 is 0 Å². The van der Waals surface area contributed by atoms with Crippen LogP contribution in [-0.4, -0.2) is 47.3 Å². The van der Waals surface area contributed by atoms with Gasteiger partial charge in [0.15, 0.2) is 0 Å². The molecule has 98 valence electrons. The molecule has 18 heavy (non-hydrogen) atoms. The topological polar surface area (TPSA) is 64.4 Å². The van der Waals surface area contributed by atoms with Crippen molar-refractivity contribution in [3.8, 4) is 6.07 Å². The van der Waals surface area contributed by atoms with Gasteiger partial charge in [-0.25, -0.2) is 0 Å². The number of amides is 2. The van der Waals surface area contributed by atoms with Crippen LogP contribution < -0.4 is 0 Å². The molecule has 2 fully saturated rings. The van der Waals surface area contributed by atoms with Gasteiger partial charge in [0.25, 0.3) is 0 Å². The summed E-state index contributed by atoms with van der Waals surface area (Å²) in [5.41, 5.74) is -1.71. The van der Waals surface area contributed by atoms with Crippen LogP contribution in [0.3, 0.4) is 0 Å². The molecule has 0 atom stereocenters. The number of nitrogens with zero attached hydrogens (tertiary/aromatic N) is 3. The van der Waals surface area contributed by atoms with Crippen LogP contribution >= 0.6 is 0 Å². The van der Waals surface area contributed by atoms with Gasteiger partial charge in [-0.2, -0.15) is 5.26 Å². The summed E-state index contributed by atoms with van der Waals surface area (Å²) in [5.74, 6) is -0.225. The van der Waals surface area contributed by atoms with Crippen LogP contribution in [-0.2, 0) is 9.59 Å². The van der Waals surface area contributed by atoms with Gasteiger partial charge in [-0.05, 0) is 33.1 Å². The zero-order valence-electron chi connectivity index (χ0n) is 11.2. The Hall–Kier alpha value is -1.57. The number of hydrogen-bond donors (Lipinski definition) is 0. The Morgan fingerprint density at radius 1 is 1.33 bits per heavy atom. The summed E-state index contributed by atoms with van der Waals surface area (Å²) < 4.78 is 0. The number of likely N-dealkylation sites (N-methyl/N-ethyl adjacent to an activating group) is 1. The molecule has 0 radical (unpaired) electrons. The SMILES string of the molecule is CN1CCN(C(=O)C2(C#N)CCC2)C(C)(C)C1=O. The van der Waals surface area contributed by atoms with Crippen LogP contribution in [0.5, 0.6) is 0 Å². The van der Waals surface area contributed by atoms with Crippen LogP contribution in [0.1, 0.15) is 33.1 Å². The molecule has 1 aliphatic heterocycles. The average molecular weight is 249 g/mol. The van der Waals surface area contributed by atoms with E-state index in [0.29, 0.717) is 25.9 Å². The van der Waals surface area contributed by atoms with E-state index in [1.807, 2.05) is 0 Å². The predicted molar refractivity (Wildman–Crippen MR) is 65.3 cm³/mol. The molecule has 0 aromatic heterocycles. The maximum absolute atomic E-state index is 12.5. The molecule has 5 heteroatoms. The van der Waals surface area contributed by atoms with E-state index in [1.165, 1.54) is 0 Å². The molecular weight excluding hydrogens is 230 g/mol. The van der Waals surface area contributed by atoms with Crippen molar-refractivity contribution >= 4 is 11.8 Å². The highest BCUT2D eigenvalue weighted by molar-refractivity contribution is 5.95. The van der Waals surface area contributed by atoms with E-state index in [1.54, 1.807) is 30.7 Å². The average Bonchev–Trinajstić information content (AvgIpc) is 2.25. The van der Waals surface area contributed by atoms with Crippen LogP contribution in [0.2, 0.25) is 0 Å². The van der Waals surface area contributed by atoms with Crippen molar-refractivity contribution in [1.29, 1.82) is 5.26 Å². The van der Waals surface area contributed by atoms with E-state index < -0.39 is 11.0 Å². The highest BCUT2D eigenvalue weighted by Gasteiger charge is 2.52. The number of rotatable bonds is 1. The lowest BCUT2D eigenvalue weighted by atomic mass is 9.68. The van der Waals surface area contributed by atoms with Crippen LogP contribution in [0.4, 0.5) is 0 Å². The lowest BCUT2D eigenvalue weighted by Gasteiger charge is -2.48. The summed E-state index contributed by atoms with van der Waals surface area (Å²) in [6, 6.07) is 2.16. The van der Waals surface area contributed by atoms with Gasteiger partial charge in [0, 0.05) is 20.1 Å². The van der Waals surface area contributed by atoms with Crippen molar-refractivity contribution in [1.82, 2.24) is 9.80 Å². The molecule has 1 saturated carbocycles. The van der Waals surface area contributed by atoms with Crippen molar-refractivity contribution in [2.24, 2.45) is 5.41 Å². The van der Waals surface area contributed by atoms with Gasteiger partial charge in [0.2, 0.25) is 11.8 Å². The highest BCUT2D eigenvalue weighted by atomic mass is 16.2. The summed E-state index contributed by atoms with van der Waals surface area (Å²) in [4.78, 5) is 27.9. The molecule has 0 bridgehead atoms. The highest BCUT2D eigenvalue weighted by Crippen LogP contribution is 2.43. The monoisotopic (exact) mass is 249 g/mol. The molecule has 2 amide bonds. The fraction of sp³-hybridized carbons (Fsp3) is 0.769. The van der Waals surface area contributed by atoms with E-state index in [-0.39, 0.29) is 11.8 Å². The van der Waals surface area contributed by atoms with Crippen LogP contribution in [0, 0.1) is 16.7 Å². The third-order valence-electron chi connectivity index (χ3n) is 4.28. The van der Waals surface area contributed by atoms with Gasteiger partial charge < -0.3 is 9.80 Å². The Kier molecular flexibility index (Phi) is 2.84. The zero-order chi connectivity index (χ0) is 13.6. The summed E-state index contributed by atoms with van der Waals surface area (Å²) in [7, 11) is 1.75. The fourth-order valence-corrected chi connectivity index (χ4v) is 2.73. The standard InChI is InChI=1S/C13H19N3O2/c1-12(2)10(17)15(3)7-8-16(12)11(18)13(9-14)5-4-6-13/h4-8H2,1-3H3. The van der Waals surface area contributed by atoms with Crippen LogP contribution in [0.25, 0.3) is 0 Å². The first kappa shape index (κ1) is 12.9. The summed E-state index contributed by atoms with van der Waals surface area (Å²) >= 11 is 0. The molecule has 0 spiro atoms. The second-order valence-electron chi connectivity index (χ2n) is 5.79. The Morgan fingerprint density at radius 3 is 2.39 bits per heavy atom. The molecule has 2 rings (SSSR count). The van der Waals surface area contributed by atoms with Crippen molar-refractivity contribution in [2.45, 2.75) is 38.6 Å². The summed E-state index contributed by atoms with van der Waals surface area (Å²) in [5, 5.41) is 9.23. The predicted octanol–water partition coefficient (Wildman–Crippen LogP) is 0.759. The smallest absolute Gasteiger partial charge is 0.247 e. The number of nitriles is 1. The normalized spacial score (nSPS) is 25.3. The first-order chi connectivity index (χ1) is 8.35. The second kappa shape index (κ2) is 3.98. The molecule has 0 N–H and O–H groups in total. The molecule has 0 aromatic rings. The Labute approximate surface area is 107 Å². The van der Waals surface area contributed by atoms with E-state index in [0.717, 1.165) is 6.42 Å². The summed E-state index contributed by atoms with van der Waals surface area (Å²) in [6.07, 6.45) is 2.17. The lowest BCUT2D eigenvalue weighted by Crippen LogP contribution is -2.66. The number of hydrogen-bond acceptors (Lipinski definition) is 3. The zero-order valence-corrected chi connectivity index (χ0v) is 11.2. The second-order valence-corrected chi connectivity index (χ2v) is 5.79. The van der Waals surface area contributed by atoms with E-state index in [4.69, 9.17) is 0 Å². The molecule has 2 aliphatic rings. The molecule has 1 aliphatic carbocycles. The molecule has 0 unspecified atom stereocenters. The van der Waals surface area contributed by atoms with Gasteiger partial charge in [0.1, 0.15) is 11.0 Å². The third kappa shape index (κ3) is 1.59. The van der Waals surface area contributed by atoms with Gasteiger partial charge >= 0.3 is 0 Å². The van der Waals surface area contributed by atoms with Crippen molar-refractivity contribution in [3.05, 3.63) is 0 Å². The quantitative estimate of drug-likeness (QED) is 0.689. The van der Waals surface area contributed by atoms with Crippen molar-refractivity contribution < 1.29 is 9.59 Å². The maximum atomic E-state index is 12.5. The van der Waals surface area contributed by atoms with Gasteiger partial charge in [0.05, 0.1) is 6.07 Å². The number of carbonyl (C=O) groups excluding carboxylic acids is 2. The van der Waals surface area contributed by atoms with E-state index in [2.05, 4.69) is 6.07 Å². The third-order valence-corrected chi connectivity index (χ3v) is 4.28. The Morgan fingerprint density at radius 2 is 1.94 bits per heavy atom.